The molecule has 1 aromatic rings. The second-order valence-corrected chi connectivity index (χ2v) is 4.68. The fourth-order valence-electron chi connectivity index (χ4n) is 1.34. The van der Waals surface area contributed by atoms with Gasteiger partial charge in [-0.25, -0.2) is 4.39 Å². The van der Waals surface area contributed by atoms with E-state index in [-0.39, 0.29) is 22.4 Å². The maximum absolute atomic E-state index is 13.4. The molecule has 0 radical (unpaired) electrons. The third-order valence-corrected chi connectivity index (χ3v) is 3.00. The third-order valence-electron chi connectivity index (χ3n) is 2.13. The van der Waals surface area contributed by atoms with Crippen LogP contribution in [0.2, 0.25) is 0 Å². The first-order chi connectivity index (χ1) is 9.83. The van der Waals surface area contributed by atoms with Crippen LogP contribution in [0.3, 0.4) is 0 Å². The van der Waals surface area contributed by atoms with Crippen LogP contribution in [0, 0.1) is 5.82 Å². The Morgan fingerprint density at radius 3 is 2.76 bits per heavy atom. The van der Waals surface area contributed by atoms with Crippen LogP contribution in [0.5, 0.6) is 5.75 Å². The van der Waals surface area contributed by atoms with Gasteiger partial charge in [0.15, 0.2) is 5.17 Å². The van der Waals surface area contributed by atoms with Gasteiger partial charge in [0, 0.05) is 5.56 Å². The van der Waals surface area contributed by atoms with Crippen LogP contribution >= 0.6 is 11.8 Å². The Labute approximate surface area is 120 Å². The quantitative estimate of drug-likeness (QED) is 0.528. The van der Waals surface area contributed by atoms with Gasteiger partial charge < -0.3 is 10.1 Å². The van der Waals surface area contributed by atoms with E-state index in [4.69, 9.17) is 0 Å². The van der Waals surface area contributed by atoms with E-state index in [1.165, 1.54) is 0 Å². The van der Waals surface area contributed by atoms with Crippen LogP contribution in [-0.4, -0.2) is 29.4 Å². The number of carbonyl (C=O) groups excluding carboxylic acids is 1. The largest absolute Gasteiger partial charge is 0.573 e. The van der Waals surface area contributed by atoms with Gasteiger partial charge in [0.1, 0.15) is 11.6 Å². The van der Waals surface area contributed by atoms with Gasteiger partial charge >= 0.3 is 6.36 Å². The average molecular weight is 321 g/mol. The Hall–Kier alpha value is -2.10. The van der Waals surface area contributed by atoms with Crippen molar-refractivity contribution in [2.24, 2.45) is 10.2 Å². The first-order valence-corrected chi connectivity index (χ1v) is 6.41. The van der Waals surface area contributed by atoms with Crippen LogP contribution < -0.4 is 10.1 Å². The van der Waals surface area contributed by atoms with Gasteiger partial charge in [-0.3, -0.25) is 4.79 Å². The molecule has 0 bridgehead atoms. The number of hydrogen-bond acceptors (Lipinski definition) is 5. The number of halogens is 4. The summed E-state index contributed by atoms with van der Waals surface area (Å²) in [5, 5.41) is 9.73. The minimum absolute atomic E-state index is 0.206. The minimum atomic E-state index is -4.86. The predicted molar refractivity (Wildman–Crippen MR) is 68.7 cm³/mol. The third kappa shape index (κ3) is 4.74. The Kier molecular flexibility index (Phi) is 4.46. The molecule has 1 aliphatic heterocycles. The fraction of sp³-hybridized carbons (Fsp3) is 0.182. The lowest BCUT2D eigenvalue weighted by Gasteiger charge is -2.09. The molecular formula is C11H7F4N3O2S. The van der Waals surface area contributed by atoms with Crippen molar-refractivity contribution in [1.29, 1.82) is 0 Å². The topological polar surface area (TPSA) is 63.0 Å². The van der Waals surface area contributed by atoms with Crippen LogP contribution in [-0.2, 0) is 4.79 Å². The Bertz CT molecular complexity index is 616. The number of carbonyl (C=O) groups is 1. The van der Waals surface area contributed by atoms with Crippen LogP contribution in [0.4, 0.5) is 17.6 Å². The zero-order chi connectivity index (χ0) is 15.5. The van der Waals surface area contributed by atoms with Crippen molar-refractivity contribution < 1.29 is 27.1 Å². The molecule has 21 heavy (non-hydrogen) atoms. The summed E-state index contributed by atoms with van der Waals surface area (Å²) in [6, 6.07) is 2.51. The van der Waals surface area contributed by atoms with E-state index < -0.39 is 17.9 Å². The summed E-state index contributed by atoms with van der Waals surface area (Å²) in [4.78, 5) is 10.9. The maximum atomic E-state index is 13.4. The summed E-state index contributed by atoms with van der Waals surface area (Å²) in [5.41, 5.74) is -0.226. The lowest BCUT2D eigenvalue weighted by molar-refractivity contribution is -0.274. The molecule has 0 atom stereocenters. The Morgan fingerprint density at radius 2 is 2.14 bits per heavy atom. The van der Waals surface area contributed by atoms with Gasteiger partial charge in [0.05, 0.1) is 12.0 Å². The summed E-state index contributed by atoms with van der Waals surface area (Å²) in [5.74, 6) is -1.38. The first kappa shape index (κ1) is 15.3. The lowest BCUT2D eigenvalue weighted by atomic mass is 10.2. The van der Waals surface area contributed by atoms with E-state index in [9.17, 15) is 22.4 Å². The monoisotopic (exact) mass is 321 g/mol. The van der Waals surface area contributed by atoms with Crippen molar-refractivity contribution in [1.82, 2.24) is 5.32 Å². The van der Waals surface area contributed by atoms with Gasteiger partial charge in [-0.1, -0.05) is 11.8 Å². The number of nitrogens with one attached hydrogen (secondary N) is 1. The molecule has 5 nitrogen and oxygen atoms in total. The van der Waals surface area contributed by atoms with Crippen molar-refractivity contribution in [3.05, 3.63) is 29.6 Å². The van der Waals surface area contributed by atoms with Crippen LogP contribution in [0.25, 0.3) is 0 Å². The second kappa shape index (κ2) is 6.12. The SMILES string of the molecule is O=C1CSC(=NN=Cc2cc(OC(F)(F)F)ccc2F)N1. The minimum Gasteiger partial charge on any atom is -0.406 e. The van der Waals surface area contributed by atoms with Crippen LogP contribution in [0.15, 0.2) is 28.4 Å². The number of amides is 1. The molecule has 10 heteroatoms. The molecule has 0 aliphatic carbocycles. The van der Waals surface area contributed by atoms with Gasteiger partial charge in [-0.05, 0) is 18.2 Å². The molecule has 2 rings (SSSR count). The summed E-state index contributed by atoms with van der Waals surface area (Å²) in [6.07, 6.45) is -3.94. The molecule has 0 spiro atoms. The summed E-state index contributed by atoms with van der Waals surface area (Å²) >= 11 is 1.11. The van der Waals surface area contributed by atoms with Gasteiger partial charge in [-0.2, -0.15) is 5.10 Å². The van der Waals surface area contributed by atoms with Crippen molar-refractivity contribution in [2.75, 3.05) is 5.75 Å². The fourth-order valence-corrected chi connectivity index (χ4v) is 1.97. The summed E-state index contributed by atoms with van der Waals surface area (Å²) in [6.45, 7) is 0. The number of benzene rings is 1. The van der Waals surface area contributed by atoms with Crippen molar-refractivity contribution in [3.8, 4) is 5.75 Å². The zero-order valence-electron chi connectivity index (χ0n) is 10.1. The number of nitrogens with zero attached hydrogens (tertiary/aromatic N) is 2. The highest BCUT2D eigenvalue weighted by Crippen LogP contribution is 2.24. The highest BCUT2D eigenvalue weighted by molar-refractivity contribution is 8.15. The van der Waals surface area contributed by atoms with Gasteiger partial charge in [-0.15, -0.1) is 18.3 Å². The highest BCUT2D eigenvalue weighted by Gasteiger charge is 2.31. The Balaban J connectivity index is 2.12. The van der Waals surface area contributed by atoms with E-state index in [1.807, 2.05) is 0 Å². The second-order valence-electron chi connectivity index (χ2n) is 3.72. The lowest BCUT2D eigenvalue weighted by Crippen LogP contribution is -2.19. The molecule has 1 N–H and O–H groups in total. The number of alkyl halides is 3. The van der Waals surface area contributed by atoms with E-state index in [1.54, 1.807) is 0 Å². The normalized spacial score (nSPS) is 17.5. The van der Waals surface area contributed by atoms with Gasteiger partial charge in [0.2, 0.25) is 5.91 Å². The van der Waals surface area contributed by atoms with E-state index >= 15 is 0 Å². The summed E-state index contributed by atoms with van der Waals surface area (Å²) < 4.78 is 53.2. The highest BCUT2D eigenvalue weighted by atomic mass is 32.2. The smallest absolute Gasteiger partial charge is 0.406 e. The van der Waals surface area contributed by atoms with Crippen molar-refractivity contribution in [3.63, 3.8) is 0 Å². The molecule has 1 heterocycles. The molecule has 1 fully saturated rings. The molecule has 0 saturated carbocycles. The molecular weight excluding hydrogens is 314 g/mol. The van der Waals surface area contributed by atoms with E-state index in [0.29, 0.717) is 0 Å². The molecule has 112 valence electrons. The summed E-state index contributed by atoms with van der Waals surface area (Å²) in [7, 11) is 0. The number of rotatable bonds is 3. The first-order valence-electron chi connectivity index (χ1n) is 5.42. The van der Waals surface area contributed by atoms with Crippen LogP contribution in [0.1, 0.15) is 5.56 Å². The van der Waals surface area contributed by atoms with Gasteiger partial charge in [0.25, 0.3) is 0 Å². The molecule has 1 aromatic carbocycles. The standard InChI is InChI=1S/C11H7F4N3O2S/c12-8-2-1-7(20-11(13,14)15)3-6(8)4-16-18-10-17-9(19)5-21-10/h1-4H,5H2,(H,17,18,19). The number of amidine groups is 1. The van der Waals surface area contributed by atoms with Crippen molar-refractivity contribution in [2.45, 2.75) is 6.36 Å². The predicted octanol–water partition coefficient (Wildman–Crippen LogP) is 2.28. The Morgan fingerprint density at radius 1 is 1.38 bits per heavy atom. The van der Waals surface area contributed by atoms with E-state index in [2.05, 4.69) is 20.3 Å². The number of ether oxygens (including phenoxy) is 1. The molecule has 0 aromatic heterocycles. The van der Waals surface area contributed by atoms with Crippen molar-refractivity contribution >= 4 is 29.1 Å². The molecule has 1 saturated heterocycles. The van der Waals surface area contributed by atoms with E-state index in [0.717, 1.165) is 36.2 Å². The maximum Gasteiger partial charge on any atom is 0.573 e. The molecule has 1 aliphatic rings. The average Bonchev–Trinajstić information content (AvgIpc) is 2.77. The molecule has 0 unspecified atom stereocenters. The number of hydrogen-bond donors (Lipinski definition) is 1. The zero-order valence-corrected chi connectivity index (χ0v) is 11.0. The number of thioether (sulfide) groups is 1. The molecule has 1 amide bonds.